The standard InChI is InChI=1S/C23H35N5O2/c1-3-24-23(25-14-17-28-21(29)10-7-11-22(28)30)26-20-12-15-27(16-13-20)18(2)19-8-5-4-6-9-19/h4-6,8-9,18,20H,3,7,10-17H2,1-2H3,(H2,24,25,26). The lowest BCUT2D eigenvalue weighted by Gasteiger charge is -2.37. The Kier molecular flexibility index (Phi) is 8.25. The van der Waals surface area contributed by atoms with Crippen molar-refractivity contribution >= 4 is 17.8 Å². The first-order chi connectivity index (χ1) is 14.6. The lowest BCUT2D eigenvalue weighted by atomic mass is 10.0. The van der Waals surface area contributed by atoms with Crippen LogP contribution in [0.15, 0.2) is 35.3 Å². The van der Waals surface area contributed by atoms with Crippen molar-refractivity contribution in [2.45, 2.75) is 58.0 Å². The molecule has 2 saturated heterocycles. The molecule has 2 N–H and O–H groups in total. The van der Waals surface area contributed by atoms with Crippen LogP contribution in [0.25, 0.3) is 0 Å². The molecule has 2 amide bonds. The van der Waals surface area contributed by atoms with Crippen LogP contribution in [0.5, 0.6) is 0 Å². The number of imide groups is 1. The van der Waals surface area contributed by atoms with Gasteiger partial charge in [0.05, 0.1) is 6.54 Å². The first kappa shape index (κ1) is 22.3. The van der Waals surface area contributed by atoms with Gasteiger partial charge in [-0.15, -0.1) is 0 Å². The summed E-state index contributed by atoms with van der Waals surface area (Å²) < 4.78 is 0. The monoisotopic (exact) mass is 413 g/mol. The van der Waals surface area contributed by atoms with Gasteiger partial charge in [0, 0.05) is 51.1 Å². The predicted octanol–water partition coefficient (Wildman–Crippen LogP) is 2.31. The van der Waals surface area contributed by atoms with Gasteiger partial charge in [0.1, 0.15) is 0 Å². The second kappa shape index (κ2) is 11.1. The number of amides is 2. The molecule has 2 aliphatic rings. The lowest BCUT2D eigenvalue weighted by Crippen LogP contribution is -2.49. The van der Waals surface area contributed by atoms with E-state index in [1.807, 2.05) is 6.92 Å². The Hall–Kier alpha value is -2.41. The molecule has 0 bridgehead atoms. The minimum atomic E-state index is -0.0701. The first-order valence-corrected chi connectivity index (χ1v) is 11.3. The molecular weight excluding hydrogens is 378 g/mol. The lowest BCUT2D eigenvalue weighted by molar-refractivity contribution is -0.147. The second-order valence-corrected chi connectivity index (χ2v) is 8.09. The quantitative estimate of drug-likeness (QED) is 0.408. The summed E-state index contributed by atoms with van der Waals surface area (Å²) in [6, 6.07) is 11.5. The van der Waals surface area contributed by atoms with E-state index in [-0.39, 0.29) is 11.8 Å². The molecule has 0 radical (unpaired) electrons. The third kappa shape index (κ3) is 6.05. The van der Waals surface area contributed by atoms with Crippen molar-refractivity contribution in [1.29, 1.82) is 0 Å². The molecule has 30 heavy (non-hydrogen) atoms. The third-order valence-corrected chi connectivity index (χ3v) is 6.02. The number of carbonyl (C=O) groups is 2. The van der Waals surface area contributed by atoms with E-state index in [9.17, 15) is 9.59 Å². The zero-order valence-electron chi connectivity index (χ0n) is 18.3. The third-order valence-electron chi connectivity index (χ3n) is 6.02. The molecule has 1 unspecified atom stereocenters. The highest BCUT2D eigenvalue weighted by molar-refractivity contribution is 5.97. The van der Waals surface area contributed by atoms with Gasteiger partial charge in [-0.2, -0.15) is 0 Å². The molecule has 0 saturated carbocycles. The summed E-state index contributed by atoms with van der Waals surface area (Å²) in [5.41, 5.74) is 1.36. The summed E-state index contributed by atoms with van der Waals surface area (Å²) in [6.07, 6.45) is 3.72. The Bertz CT molecular complexity index is 712. The molecule has 1 aromatic carbocycles. The SMILES string of the molecule is CCNC(=NCCN1C(=O)CCCC1=O)NC1CCN(C(C)c2ccccc2)CC1. The van der Waals surface area contributed by atoms with Gasteiger partial charge in [-0.1, -0.05) is 30.3 Å². The summed E-state index contributed by atoms with van der Waals surface area (Å²) in [5.74, 6) is 0.627. The summed E-state index contributed by atoms with van der Waals surface area (Å²) >= 11 is 0. The first-order valence-electron chi connectivity index (χ1n) is 11.3. The molecule has 7 heteroatoms. The van der Waals surface area contributed by atoms with Crippen LogP contribution in [0.3, 0.4) is 0 Å². The van der Waals surface area contributed by atoms with E-state index in [2.05, 4.69) is 57.8 Å². The van der Waals surface area contributed by atoms with Crippen molar-refractivity contribution in [3.8, 4) is 0 Å². The number of benzene rings is 1. The van der Waals surface area contributed by atoms with Gasteiger partial charge >= 0.3 is 0 Å². The topological polar surface area (TPSA) is 77.0 Å². The van der Waals surface area contributed by atoms with Crippen LogP contribution in [0.2, 0.25) is 0 Å². The number of aliphatic imine (C=N–C) groups is 1. The van der Waals surface area contributed by atoms with E-state index >= 15 is 0 Å². The van der Waals surface area contributed by atoms with Crippen LogP contribution in [0, 0.1) is 0 Å². The molecule has 164 valence electrons. The number of likely N-dealkylation sites (tertiary alicyclic amines) is 2. The molecule has 1 atom stereocenters. The second-order valence-electron chi connectivity index (χ2n) is 8.09. The smallest absolute Gasteiger partial charge is 0.229 e. The fraction of sp³-hybridized carbons (Fsp3) is 0.609. The van der Waals surface area contributed by atoms with Crippen LogP contribution in [-0.2, 0) is 9.59 Å². The summed E-state index contributed by atoms with van der Waals surface area (Å²) in [5, 5.41) is 6.83. The molecule has 0 aliphatic carbocycles. The van der Waals surface area contributed by atoms with E-state index < -0.39 is 0 Å². The van der Waals surface area contributed by atoms with Crippen LogP contribution < -0.4 is 10.6 Å². The molecule has 0 aromatic heterocycles. The van der Waals surface area contributed by atoms with Crippen LogP contribution in [0.1, 0.15) is 57.6 Å². The molecule has 2 heterocycles. The Labute approximate surface area is 179 Å². The zero-order chi connectivity index (χ0) is 21.3. The molecular formula is C23H35N5O2. The number of hydrogen-bond acceptors (Lipinski definition) is 4. The number of carbonyl (C=O) groups excluding carboxylic acids is 2. The van der Waals surface area contributed by atoms with Crippen molar-refractivity contribution in [2.24, 2.45) is 4.99 Å². The number of hydrogen-bond donors (Lipinski definition) is 2. The van der Waals surface area contributed by atoms with Crippen molar-refractivity contribution in [2.75, 3.05) is 32.7 Å². The van der Waals surface area contributed by atoms with Crippen LogP contribution in [-0.4, -0.2) is 66.3 Å². The van der Waals surface area contributed by atoms with Crippen molar-refractivity contribution in [3.63, 3.8) is 0 Å². The number of nitrogens with one attached hydrogen (secondary N) is 2. The predicted molar refractivity (Wildman–Crippen MR) is 119 cm³/mol. The maximum atomic E-state index is 11.9. The highest BCUT2D eigenvalue weighted by Gasteiger charge is 2.26. The maximum Gasteiger partial charge on any atom is 0.229 e. The van der Waals surface area contributed by atoms with Gasteiger partial charge in [0.2, 0.25) is 11.8 Å². The van der Waals surface area contributed by atoms with Gasteiger partial charge < -0.3 is 10.6 Å². The Balaban J connectivity index is 1.48. The van der Waals surface area contributed by atoms with Gasteiger partial charge in [0.15, 0.2) is 5.96 Å². The minimum Gasteiger partial charge on any atom is -0.357 e. The van der Waals surface area contributed by atoms with Gasteiger partial charge in [0.25, 0.3) is 0 Å². The number of guanidine groups is 1. The van der Waals surface area contributed by atoms with E-state index in [1.54, 1.807) is 0 Å². The number of nitrogens with zero attached hydrogens (tertiary/aromatic N) is 3. The molecule has 7 nitrogen and oxygen atoms in total. The molecule has 2 aliphatic heterocycles. The van der Waals surface area contributed by atoms with Crippen molar-refractivity contribution in [3.05, 3.63) is 35.9 Å². The van der Waals surface area contributed by atoms with Gasteiger partial charge in [-0.3, -0.25) is 24.4 Å². The normalized spacial score (nSPS) is 20.3. The minimum absolute atomic E-state index is 0.0701. The summed E-state index contributed by atoms with van der Waals surface area (Å²) in [7, 11) is 0. The Morgan fingerprint density at radius 2 is 1.80 bits per heavy atom. The largest absolute Gasteiger partial charge is 0.357 e. The van der Waals surface area contributed by atoms with Gasteiger partial charge in [-0.05, 0) is 38.7 Å². The van der Waals surface area contributed by atoms with E-state index in [4.69, 9.17) is 0 Å². The van der Waals surface area contributed by atoms with E-state index in [0.717, 1.165) is 38.4 Å². The zero-order valence-corrected chi connectivity index (χ0v) is 18.3. The molecule has 3 rings (SSSR count). The molecule has 2 fully saturated rings. The van der Waals surface area contributed by atoms with Crippen LogP contribution in [0.4, 0.5) is 0 Å². The highest BCUT2D eigenvalue weighted by Crippen LogP contribution is 2.24. The Morgan fingerprint density at radius 1 is 1.13 bits per heavy atom. The Morgan fingerprint density at radius 3 is 2.43 bits per heavy atom. The fourth-order valence-electron chi connectivity index (χ4n) is 4.20. The van der Waals surface area contributed by atoms with E-state index in [0.29, 0.717) is 44.4 Å². The van der Waals surface area contributed by atoms with E-state index in [1.165, 1.54) is 10.5 Å². The average Bonchev–Trinajstić information content (AvgIpc) is 2.76. The fourth-order valence-corrected chi connectivity index (χ4v) is 4.20. The summed E-state index contributed by atoms with van der Waals surface area (Å²) in [4.78, 5) is 32.4. The van der Waals surface area contributed by atoms with Crippen molar-refractivity contribution in [1.82, 2.24) is 20.4 Å². The van der Waals surface area contributed by atoms with Crippen molar-refractivity contribution < 1.29 is 9.59 Å². The number of rotatable bonds is 7. The highest BCUT2D eigenvalue weighted by atomic mass is 16.2. The van der Waals surface area contributed by atoms with Crippen LogP contribution >= 0.6 is 0 Å². The molecule has 1 aromatic rings. The van der Waals surface area contributed by atoms with Gasteiger partial charge in [-0.25, -0.2) is 0 Å². The maximum absolute atomic E-state index is 11.9. The summed E-state index contributed by atoms with van der Waals surface area (Å²) in [6.45, 7) is 7.97. The number of piperidine rings is 2. The average molecular weight is 414 g/mol. The molecule has 0 spiro atoms.